The van der Waals surface area contributed by atoms with E-state index in [1.165, 1.54) is 4.57 Å². The molecule has 1 aromatic heterocycles. The number of amides is 1. The monoisotopic (exact) mass is 391 g/mol. The average molecular weight is 391 g/mol. The zero-order valence-electron chi connectivity index (χ0n) is 16.0. The molecule has 8 heteroatoms. The van der Waals surface area contributed by atoms with Crippen molar-refractivity contribution >= 4 is 17.5 Å². The first-order chi connectivity index (χ1) is 14.2. The predicted octanol–water partition coefficient (Wildman–Crippen LogP) is 1.77. The van der Waals surface area contributed by atoms with Crippen LogP contribution in [-0.4, -0.2) is 40.9 Å². The van der Waals surface area contributed by atoms with Crippen LogP contribution < -0.4 is 20.5 Å². The number of carbonyl (C=O) groups excluding carboxylic acids is 1. The van der Waals surface area contributed by atoms with E-state index < -0.39 is 11.5 Å². The van der Waals surface area contributed by atoms with Gasteiger partial charge in [-0.25, -0.2) is 0 Å². The minimum Gasteiger partial charge on any atom is -0.496 e. The van der Waals surface area contributed by atoms with E-state index in [2.05, 4.69) is 15.5 Å². The Morgan fingerprint density at radius 3 is 2.62 bits per heavy atom. The van der Waals surface area contributed by atoms with Gasteiger partial charge in [0.15, 0.2) is 0 Å². The number of benzene rings is 2. The number of carbonyl (C=O) groups is 1. The molecule has 2 heterocycles. The molecule has 0 saturated heterocycles. The summed E-state index contributed by atoms with van der Waals surface area (Å²) in [5.41, 5.74) is 1.29. The summed E-state index contributed by atoms with van der Waals surface area (Å²) in [5, 5.41) is 10.8. The molecule has 0 fully saturated rings. The standard InChI is InChI=1S/C21H21N5O3/c1-29-17-10-6-5-7-15(17)11-12-22-19(27)18-20(28)26-14-13-25(21(26)24-23-18)16-8-3-2-4-9-16/h2-10H,11-14H2,1H3,(H,22,27). The molecule has 8 nitrogen and oxygen atoms in total. The van der Waals surface area contributed by atoms with Crippen LogP contribution in [0.15, 0.2) is 59.4 Å². The second kappa shape index (κ2) is 8.14. The van der Waals surface area contributed by atoms with Crippen LogP contribution in [0.25, 0.3) is 0 Å². The first-order valence-corrected chi connectivity index (χ1v) is 9.39. The fraction of sp³-hybridized carbons (Fsp3) is 0.238. The fourth-order valence-electron chi connectivity index (χ4n) is 3.41. The van der Waals surface area contributed by atoms with Gasteiger partial charge >= 0.3 is 0 Å². The van der Waals surface area contributed by atoms with E-state index in [1.807, 2.05) is 59.5 Å². The van der Waals surface area contributed by atoms with Crippen molar-refractivity contribution in [2.45, 2.75) is 13.0 Å². The molecule has 1 aliphatic rings. The molecule has 0 atom stereocenters. The van der Waals surface area contributed by atoms with Gasteiger partial charge in [-0.1, -0.05) is 36.4 Å². The molecule has 3 aromatic rings. The van der Waals surface area contributed by atoms with E-state index >= 15 is 0 Å². The number of rotatable bonds is 6. The van der Waals surface area contributed by atoms with Gasteiger partial charge in [0.1, 0.15) is 5.75 Å². The Kier molecular flexibility index (Phi) is 5.24. The van der Waals surface area contributed by atoms with Gasteiger partial charge in [-0.2, -0.15) is 0 Å². The number of hydrogen-bond acceptors (Lipinski definition) is 6. The van der Waals surface area contributed by atoms with Gasteiger partial charge in [0.05, 0.1) is 7.11 Å². The third-order valence-electron chi connectivity index (χ3n) is 4.87. The van der Waals surface area contributed by atoms with E-state index in [0.29, 0.717) is 32.0 Å². The van der Waals surface area contributed by atoms with Gasteiger partial charge in [-0.3, -0.25) is 14.2 Å². The Bertz CT molecular complexity index is 1080. The van der Waals surface area contributed by atoms with Crippen molar-refractivity contribution in [2.75, 3.05) is 25.1 Å². The lowest BCUT2D eigenvalue weighted by atomic mass is 10.1. The molecule has 29 heavy (non-hydrogen) atoms. The SMILES string of the molecule is COc1ccccc1CCNC(=O)c1nnc2n(c1=O)CCN2c1ccccc1. The molecule has 1 N–H and O–H groups in total. The Labute approximate surface area is 167 Å². The Hall–Kier alpha value is -3.68. The van der Waals surface area contributed by atoms with Crippen LogP contribution in [-0.2, 0) is 13.0 Å². The summed E-state index contributed by atoms with van der Waals surface area (Å²) < 4.78 is 6.81. The van der Waals surface area contributed by atoms with Crippen molar-refractivity contribution in [2.24, 2.45) is 0 Å². The molecule has 0 unspecified atom stereocenters. The molecule has 1 amide bonds. The number of fused-ring (bicyclic) bond motifs is 1. The summed E-state index contributed by atoms with van der Waals surface area (Å²) in [5.74, 6) is 0.692. The molecular weight excluding hydrogens is 370 g/mol. The number of nitrogens with one attached hydrogen (secondary N) is 1. The van der Waals surface area contributed by atoms with Crippen LogP contribution in [0.1, 0.15) is 16.1 Å². The smallest absolute Gasteiger partial charge is 0.286 e. The van der Waals surface area contributed by atoms with E-state index in [9.17, 15) is 9.59 Å². The number of para-hydroxylation sites is 2. The summed E-state index contributed by atoms with van der Waals surface area (Å²) in [7, 11) is 1.61. The molecule has 148 valence electrons. The fourth-order valence-corrected chi connectivity index (χ4v) is 3.41. The van der Waals surface area contributed by atoms with Crippen LogP contribution in [0.2, 0.25) is 0 Å². The maximum atomic E-state index is 12.8. The molecule has 0 saturated carbocycles. The number of nitrogens with zero attached hydrogens (tertiary/aromatic N) is 4. The first-order valence-electron chi connectivity index (χ1n) is 9.39. The van der Waals surface area contributed by atoms with Gasteiger partial charge in [0, 0.05) is 25.3 Å². The third kappa shape index (κ3) is 3.69. The largest absolute Gasteiger partial charge is 0.496 e. The van der Waals surface area contributed by atoms with Crippen LogP contribution in [0.4, 0.5) is 11.6 Å². The molecule has 0 radical (unpaired) electrons. The highest BCUT2D eigenvalue weighted by atomic mass is 16.5. The first kappa shape index (κ1) is 18.7. The lowest BCUT2D eigenvalue weighted by Crippen LogP contribution is -2.35. The highest BCUT2D eigenvalue weighted by Crippen LogP contribution is 2.25. The highest BCUT2D eigenvalue weighted by Gasteiger charge is 2.27. The van der Waals surface area contributed by atoms with E-state index in [0.717, 1.165) is 17.0 Å². The summed E-state index contributed by atoms with van der Waals surface area (Å²) in [6.45, 7) is 1.42. The topological polar surface area (TPSA) is 89.3 Å². The normalized spacial score (nSPS) is 12.5. The van der Waals surface area contributed by atoms with Crippen molar-refractivity contribution in [3.05, 3.63) is 76.2 Å². The molecular formula is C21H21N5O3. The quantitative estimate of drug-likeness (QED) is 0.689. The zero-order valence-corrected chi connectivity index (χ0v) is 16.0. The molecule has 1 aliphatic heterocycles. The van der Waals surface area contributed by atoms with E-state index in [-0.39, 0.29) is 5.69 Å². The second-order valence-electron chi connectivity index (χ2n) is 6.61. The van der Waals surface area contributed by atoms with E-state index in [1.54, 1.807) is 7.11 Å². The summed E-state index contributed by atoms with van der Waals surface area (Å²) >= 11 is 0. The van der Waals surface area contributed by atoms with Gasteiger partial charge < -0.3 is 15.0 Å². The minimum atomic E-state index is -0.522. The van der Waals surface area contributed by atoms with Crippen molar-refractivity contribution in [1.29, 1.82) is 0 Å². The number of hydrogen-bond donors (Lipinski definition) is 1. The second-order valence-corrected chi connectivity index (χ2v) is 6.61. The molecule has 0 spiro atoms. The molecule has 2 aromatic carbocycles. The van der Waals surface area contributed by atoms with Gasteiger partial charge in [0.25, 0.3) is 11.5 Å². The lowest BCUT2D eigenvalue weighted by molar-refractivity contribution is 0.0945. The van der Waals surface area contributed by atoms with Gasteiger partial charge in [-0.05, 0) is 30.2 Å². The zero-order chi connectivity index (χ0) is 20.2. The number of ether oxygens (including phenoxy) is 1. The maximum absolute atomic E-state index is 12.8. The summed E-state index contributed by atoms with van der Waals surface area (Å²) in [6.07, 6.45) is 0.581. The van der Waals surface area contributed by atoms with Crippen molar-refractivity contribution in [1.82, 2.24) is 20.1 Å². The Balaban J connectivity index is 1.47. The van der Waals surface area contributed by atoms with E-state index in [4.69, 9.17) is 4.74 Å². The van der Waals surface area contributed by atoms with Crippen molar-refractivity contribution in [3.63, 3.8) is 0 Å². The Morgan fingerprint density at radius 1 is 1.07 bits per heavy atom. The predicted molar refractivity (Wildman–Crippen MR) is 109 cm³/mol. The number of anilines is 2. The van der Waals surface area contributed by atoms with Crippen LogP contribution >= 0.6 is 0 Å². The number of aromatic nitrogens is 3. The molecule has 0 bridgehead atoms. The Morgan fingerprint density at radius 2 is 1.83 bits per heavy atom. The van der Waals surface area contributed by atoms with Gasteiger partial charge in [0.2, 0.25) is 11.6 Å². The summed E-state index contributed by atoms with van der Waals surface area (Å²) in [6, 6.07) is 17.3. The van der Waals surface area contributed by atoms with Gasteiger partial charge in [-0.15, -0.1) is 10.2 Å². The summed E-state index contributed by atoms with van der Waals surface area (Å²) in [4.78, 5) is 27.2. The minimum absolute atomic E-state index is 0.191. The third-order valence-corrected chi connectivity index (χ3v) is 4.87. The number of methoxy groups -OCH3 is 1. The van der Waals surface area contributed by atoms with Crippen molar-refractivity contribution in [3.8, 4) is 5.75 Å². The molecule has 0 aliphatic carbocycles. The van der Waals surface area contributed by atoms with Crippen LogP contribution in [0.5, 0.6) is 5.75 Å². The highest BCUT2D eigenvalue weighted by molar-refractivity contribution is 5.91. The van der Waals surface area contributed by atoms with Crippen LogP contribution in [0.3, 0.4) is 0 Å². The lowest BCUT2D eigenvalue weighted by Gasteiger charge is -2.16. The maximum Gasteiger partial charge on any atom is 0.286 e. The van der Waals surface area contributed by atoms with Crippen LogP contribution in [0, 0.1) is 0 Å². The average Bonchev–Trinajstić information content (AvgIpc) is 3.20. The molecule has 4 rings (SSSR count). The van der Waals surface area contributed by atoms with Crippen molar-refractivity contribution < 1.29 is 9.53 Å².